The van der Waals surface area contributed by atoms with Crippen molar-refractivity contribution in [2.45, 2.75) is 33.6 Å². The van der Waals surface area contributed by atoms with Crippen LogP contribution in [0.2, 0.25) is 5.02 Å². The van der Waals surface area contributed by atoms with Crippen molar-refractivity contribution in [3.63, 3.8) is 0 Å². The van der Waals surface area contributed by atoms with Gasteiger partial charge in [-0.25, -0.2) is 19.3 Å². The Morgan fingerprint density at radius 2 is 1.66 bits per heavy atom. The minimum atomic E-state index is -0.435. The summed E-state index contributed by atoms with van der Waals surface area (Å²) < 4.78 is 13.1. The molecule has 8 heteroatoms. The number of anilines is 1. The number of benzene rings is 2. The molecule has 1 aliphatic rings. The zero-order chi connectivity index (χ0) is 24.9. The lowest BCUT2D eigenvalue weighted by molar-refractivity contribution is 0.627. The van der Waals surface area contributed by atoms with E-state index in [9.17, 15) is 9.18 Å². The first-order valence-corrected chi connectivity index (χ1v) is 11.9. The molecule has 6 nitrogen and oxygen atoms in total. The van der Waals surface area contributed by atoms with E-state index in [0.29, 0.717) is 11.4 Å². The van der Waals surface area contributed by atoms with Crippen molar-refractivity contribution in [1.82, 2.24) is 19.9 Å². The van der Waals surface area contributed by atoms with Crippen molar-refractivity contribution >= 4 is 17.4 Å². The fourth-order valence-electron chi connectivity index (χ4n) is 3.94. The molecular weight excluding hydrogens is 465 g/mol. The monoisotopic (exact) mass is 491 g/mol. The fourth-order valence-corrected chi connectivity index (χ4v) is 4.04. The summed E-state index contributed by atoms with van der Waals surface area (Å²) in [5, 5.41) is 0.0119. The molecule has 0 amide bonds. The summed E-state index contributed by atoms with van der Waals surface area (Å²) in [4.78, 5) is 29.3. The summed E-state index contributed by atoms with van der Waals surface area (Å²) in [6, 6.07) is 12.7. The van der Waals surface area contributed by atoms with Crippen molar-refractivity contribution in [2.24, 2.45) is 0 Å². The fraction of sp³-hybridized carbons (Fsp3) is 0.259. The second kappa shape index (κ2) is 10.8. The molecule has 2 aromatic carbocycles. The van der Waals surface area contributed by atoms with Crippen LogP contribution in [0.3, 0.4) is 0 Å². The highest BCUT2D eigenvalue weighted by Crippen LogP contribution is 2.24. The van der Waals surface area contributed by atoms with Crippen LogP contribution in [0.1, 0.15) is 29.5 Å². The molecule has 0 atom stereocenters. The van der Waals surface area contributed by atoms with Gasteiger partial charge in [-0.15, -0.1) is 0 Å². The molecule has 1 aliphatic heterocycles. The zero-order valence-corrected chi connectivity index (χ0v) is 20.7. The molecule has 180 valence electrons. The van der Waals surface area contributed by atoms with Gasteiger partial charge in [0, 0.05) is 30.4 Å². The van der Waals surface area contributed by atoms with Crippen LogP contribution in [0.4, 0.5) is 10.2 Å². The number of rotatable bonds is 3. The molecule has 1 N–H and O–H groups in total. The van der Waals surface area contributed by atoms with Gasteiger partial charge in [-0.3, -0.25) is 4.79 Å². The predicted octanol–water partition coefficient (Wildman–Crippen LogP) is 5.90. The first kappa shape index (κ1) is 24.5. The molecule has 2 aromatic heterocycles. The minimum Gasteiger partial charge on any atom is -0.357 e. The standard InChI is InChI=1S/C16H19N3.C11H8ClFN2O/c1-12-5-6-13(2)14(11-12)16-17-8-7-15(18-16)19-9-3-4-10-19;1-6-2-3-7(13)4-8(6)10-14-5-9(12)11(16)15-10/h5-8,11H,3-4,9-10H2,1-2H3;2-5H,1H3,(H,14,15,16). The Morgan fingerprint density at radius 1 is 0.943 bits per heavy atom. The van der Waals surface area contributed by atoms with E-state index in [2.05, 4.69) is 51.9 Å². The number of hydrogen-bond donors (Lipinski definition) is 1. The minimum absolute atomic E-state index is 0.0119. The summed E-state index contributed by atoms with van der Waals surface area (Å²) in [6.45, 7) is 8.25. The normalized spacial score (nSPS) is 12.9. The molecule has 0 aliphatic carbocycles. The number of nitrogens with one attached hydrogen (secondary N) is 1. The first-order valence-electron chi connectivity index (χ1n) is 11.5. The maximum Gasteiger partial charge on any atom is 0.269 e. The SMILES string of the molecule is Cc1ccc(C)c(-c2nccc(N3CCCC3)n2)c1.Cc1ccc(F)cc1-c1ncc(Cl)c(=O)[nH]1. The van der Waals surface area contributed by atoms with E-state index in [0.717, 1.165) is 35.9 Å². The summed E-state index contributed by atoms with van der Waals surface area (Å²) >= 11 is 5.56. The molecule has 35 heavy (non-hydrogen) atoms. The molecule has 0 spiro atoms. The molecule has 0 saturated carbocycles. The number of hydrogen-bond acceptors (Lipinski definition) is 5. The van der Waals surface area contributed by atoms with E-state index in [-0.39, 0.29) is 10.8 Å². The third-order valence-corrected chi connectivity index (χ3v) is 6.18. The first-order chi connectivity index (χ1) is 16.8. The number of aromatic nitrogens is 4. The van der Waals surface area contributed by atoms with Gasteiger partial charge in [-0.1, -0.05) is 35.4 Å². The Balaban J connectivity index is 0.000000168. The van der Waals surface area contributed by atoms with Crippen LogP contribution >= 0.6 is 11.6 Å². The highest BCUT2D eigenvalue weighted by molar-refractivity contribution is 6.30. The topological polar surface area (TPSA) is 74.8 Å². The number of nitrogens with zero attached hydrogens (tertiary/aromatic N) is 4. The Kier molecular flexibility index (Phi) is 7.56. The van der Waals surface area contributed by atoms with Gasteiger partial charge in [0.1, 0.15) is 22.5 Å². The molecule has 0 bridgehead atoms. The van der Waals surface area contributed by atoms with Crippen LogP contribution in [0.15, 0.2) is 59.7 Å². The van der Waals surface area contributed by atoms with Gasteiger partial charge in [0.15, 0.2) is 5.82 Å². The third-order valence-electron chi connectivity index (χ3n) is 5.92. The van der Waals surface area contributed by atoms with Crippen LogP contribution < -0.4 is 10.5 Å². The lowest BCUT2D eigenvalue weighted by atomic mass is 10.1. The Labute approximate surface area is 208 Å². The van der Waals surface area contributed by atoms with Crippen LogP contribution in [0.25, 0.3) is 22.8 Å². The van der Waals surface area contributed by atoms with E-state index >= 15 is 0 Å². The predicted molar refractivity (Wildman–Crippen MR) is 138 cm³/mol. The largest absolute Gasteiger partial charge is 0.357 e. The van der Waals surface area contributed by atoms with Crippen LogP contribution in [-0.2, 0) is 0 Å². The van der Waals surface area contributed by atoms with Gasteiger partial charge in [0.2, 0.25) is 0 Å². The summed E-state index contributed by atoms with van der Waals surface area (Å²) in [6.07, 6.45) is 5.66. The molecule has 1 fully saturated rings. The van der Waals surface area contributed by atoms with E-state index in [1.807, 2.05) is 19.2 Å². The van der Waals surface area contributed by atoms with Gasteiger partial charge >= 0.3 is 0 Å². The van der Waals surface area contributed by atoms with Crippen molar-refractivity contribution < 1.29 is 4.39 Å². The van der Waals surface area contributed by atoms with E-state index < -0.39 is 5.56 Å². The van der Waals surface area contributed by atoms with Gasteiger partial charge in [-0.2, -0.15) is 0 Å². The second-order valence-corrected chi connectivity index (χ2v) is 9.03. The van der Waals surface area contributed by atoms with Gasteiger partial charge in [0.25, 0.3) is 5.56 Å². The lowest BCUT2D eigenvalue weighted by Gasteiger charge is -2.17. The van der Waals surface area contributed by atoms with Crippen LogP contribution in [0.5, 0.6) is 0 Å². The highest BCUT2D eigenvalue weighted by Gasteiger charge is 2.15. The number of halogens is 2. The molecule has 0 radical (unpaired) electrons. The Morgan fingerprint density at radius 3 is 2.40 bits per heavy atom. The average molecular weight is 492 g/mol. The van der Waals surface area contributed by atoms with E-state index in [1.54, 1.807) is 6.07 Å². The van der Waals surface area contributed by atoms with Crippen LogP contribution in [0, 0.1) is 26.6 Å². The van der Waals surface area contributed by atoms with E-state index in [4.69, 9.17) is 16.6 Å². The van der Waals surface area contributed by atoms with E-state index in [1.165, 1.54) is 42.3 Å². The maximum absolute atomic E-state index is 13.1. The summed E-state index contributed by atoms with van der Waals surface area (Å²) in [5.74, 6) is 1.83. The molecule has 0 unspecified atom stereocenters. The molecule has 4 aromatic rings. The van der Waals surface area contributed by atoms with Gasteiger partial charge in [-0.05, 0) is 69.0 Å². The van der Waals surface area contributed by atoms with Crippen molar-refractivity contribution in [1.29, 1.82) is 0 Å². The smallest absolute Gasteiger partial charge is 0.269 e. The highest BCUT2D eigenvalue weighted by atomic mass is 35.5. The summed E-state index contributed by atoms with van der Waals surface area (Å²) in [5.41, 5.74) is 4.55. The average Bonchev–Trinajstić information content (AvgIpc) is 3.40. The van der Waals surface area contributed by atoms with Crippen molar-refractivity contribution in [3.8, 4) is 22.8 Å². The molecule has 3 heterocycles. The van der Waals surface area contributed by atoms with Crippen molar-refractivity contribution in [2.75, 3.05) is 18.0 Å². The second-order valence-electron chi connectivity index (χ2n) is 8.62. The van der Waals surface area contributed by atoms with Crippen LogP contribution in [-0.4, -0.2) is 33.0 Å². The third kappa shape index (κ3) is 5.92. The maximum atomic E-state index is 13.1. The zero-order valence-electron chi connectivity index (χ0n) is 20.0. The molecule has 5 rings (SSSR count). The Hall–Kier alpha value is -3.58. The van der Waals surface area contributed by atoms with Gasteiger partial charge < -0.3 is 9.88 Å². The molecule has 1 saturated heterocycles. The molecular formula is C27H27ClFN5O. The lowest BCUT2D eigenvalue weighted by Crippen LogP contribution is -2.19. The number of aromatic amines is 1. The quantitative estimate of drug-likeness (QED) is 0.386. The number of H-pyrrole nitrogens is 1. The van der Waals surface area contributed by atoms with Gasteiger partial charge in [0.05, 0.1) is 6.20 Å². The Bertz CT molecular complexity index is 1400. The number of aryl methyl sites for hydroxylation is 3. The summed E-state index contributed by atoms with van der Waals surface area (Å²) in [7, 11) is 0. The van der Waals surface area contributed by atoms with Crippen molar-refractivity contribution in [3.05, 3.63) is 92.7 Å².